The average Bonchev–Trinajstić information content (AvgIpc) is 2.36. The van der Waals surface area contributed by atoms with E-state index in [9.17, 15) is 4.79 Å². The number of rotatable bonds is 4. The molecule has 0 aliphatic carbocycles. The Morgan fingerprint density at radius 1 is 1.11 bits per heavy atom. The highest BCUT2D eigenvalue weighted by Crippen LogP contribution is 2.29. The molecule has 0 saturated carbocycles. The van der Waals surface area contributed by atoms with Crippen LogP contribution < -0.4 is 0 Å². The fourth-order valence-electron chi connectivity index (χ4n) is 1.49. The van der Waals surface area contributed by atoms with Gasteiger partial charge in [0.15, 0.2) is 0 Å². The number of hydrogen-bond donors (Lipinski definition) is 0. The van der Waals surface area contributed by atoms with Crippen molar-refractivity contribution in [3.8, 4) is 0 Å². The van der Waals surface area contributed by atoms with Crippen molar-refractivity contribution in [3.05, 3.63) is 35.9 Å². The summed E-state index contributed by atoms with van der Waals surface area (Å²) in [6.07, 6.45) is -0.190. The van der Waals surface area contributed by atoms with Crippen molar-refractivity contribution in [2.24, 2.45) is 0 Å². The highest BCUT2D eigenvalue weighted by atomic mass is 17.2. The van der Waals surface area contributed by atoms with Gasteiger partial charge in [-0.05, 0) is 39.7 Å². The lowest BCUT2D eigenvalue weighted by Crippen LogP contribution is -2.30. The fraction of sp³-hybridized carbons (Fsp3) is 0.533. The third kappa shape index (κ3) is 4.91. The summed E-state index contributed by atoms with van der Waals surface area (Å²) < 4.78 is 5.38. The maximum absolute atomic E-state index is 11.7. The fourth-order valence-corrected chi connectivity index (χ4v) is 1.49. The van der Waals surface area contributed by atoms with Gasteiger partial charge in [-0.25, -0.2) is 4.79 Å². The van der Waals surface area contributed by atoms with Crippen molar-refractivity contribution in [1.29, 1.82) is 0 Å². The van der Waals surface area contributed by atoms with Gasteiger partial charge in [-0.1, -0.05) is 37.3 Å². The van der Waals surface area contributed by atoms with Crippen LogP contribution in [-0.4, -0.2) is 11.8 Å². The van der Waals surface area contributed by atoms with Crippen LogP contribution >= 0.6 is 0 Å². The van der Waals surface area contributed by atoms with Gasteiger partial charge < -0.3 is 4.74 Å². The molecule has 0 heterocycles. The first kappa shape index (κ1) is 15.5. The van der Waals surface area contributed by atoms with Crippen LogP contribution in [0.4, 0.5) is 4.79 Å². The molecule has 106 valence electrons. The van der Waals surface area contributed by atoms with Crippen LogP contribution in [0.1, 0.15) is 46.6 Å². The van der Waals surface area contributed by atoms with Gasteiger partial charge in [0.05, 0.1) is 0 Å². The van der Waals surface area contributed by atoms with Crippen molar-refractivity contribution in [3.63, 3.8) is 0 Å². The Labute approximate surface area is 114 Å². The summed E-state index contributed by atoms with van der Waals surface area (Å²) >= 11 is 0. The van der Waals surface area contributed by atoms with Crippen molar-refractivity contribution < 1.29 is 19.3 Å². The molecule has 0 aliphatic heterocycles. The summed E-state index contributed by atoms with van der Waals surface area (Å²) in [5.41, 5.74) is -0.362. The molecule has 0 fully saturated rings. The Hall–Kier alpha value is -1.55. The first-order valence-corrected chi connectivity index (χ1v) is 6.41. The smallest absolute Gasteiger partial charge is 0.421 e. The molecule has 0 bridgehead atoms. The maximum atomic E-state index is 11.7. The molecule has 1 atom stereocenters. The van der Waals surface area contributed by atoms with Gasteiger partial charge in [-0.2, -0.15) is 4.89 Å². The summed E-state index contributed by atoms with van der Waals surface area (Å²) in [4.78, 5) is 21.3. The van der Waals surface area contributed by atoms with E-state index in [-0.39, 0.29) is 0 Å². The molecule has 0 spiro atoms. The zero-order valence-corrected chi connectivity index (χ0v) is 12.2. The molecule has 1 aromatic rings. The summed E-state index contributed by atoms with van der Waals surface area (Å²) in [5.74, 6) is 0. The Kier molecular flexibility index (Phi) is 4.95. The van der Waals surface area contributed by atoms with E-state index in [0.29, 0.717) is 6.42 Å². The number of hydrogen-bond acceptors (Lipinski definition) is 4. The van der Waals surface area contributed by atoms with E-state index < -0.39 is 17.4 Å². The van der Waals surface area contributed by atoms with Crippen LogP contribution in [-0.2, 0) is 20.1 Å². The lowest BCUT2D eigenvalue weighted by atomic mass is 9.93. The van der Waals surface area contributed by atoms with Gasteiger partial charge in [0.25, 0.3) is 0 Å². The van der Waals surface area contributed by atoms with E-state index >= 15 is 0 Å². The van der Waals surface area contributed by atoms with Gasteiger partial charge in [0, 0.05) is 0 Å². The van der Waals surface area contributed by atoms with Gasteiger partial charge in [-0.15, -0.1) is 0 Å². The van der Waals surface area contributed by atoms with Gasteiger partial charge in [-0.3, -0.25) is 4.89 Å². The first-order chi connectivity index (χ1) is 8.77. The first-order valence-electron chi connectivity index (χ1n) is 6.41. The second-order valence-corrected chi connectivity index (χ2v) is 5.58. The Morgan fingerprint density at radius 3 is 2.16 bits per heavy atom. The van der Waals surface area contributed by atoms with Crippen molar-refractivity contribution in [1.82, 2.24) is 0 Å². The minimum absolute atomic E-state index is 0.561. The van der Waals surface area contributed by atoms with E-state index in [4.69, 9.17) is 9.62 Å². The molecular weight excluding hydrogens is 244 g/mol. The molecule has 19 heavy (non-hydrogen) atoms. The number of carbonyl (C=O) groups excluding carboxylic acids is 1. The third-order valence-electron chi connectivity index (χ3n) is 2.73. The third-order valence-corrected chi connectivity index (χ3v) is 2.73. The zero-order valence-electron chi connectivity index (χ0n) is 12.2. The Bertz CT molecular complexity index is 408. The molecule has 1 unspecified atom stereocenters. The summed E-state index contributed by atoms with van der Waals surface area (Å²) in [5, 5.41) is 0. The van der Waals surface area contributed by atoms with Crippen LogP contribution in [0.15, 0.2) is 30.3 Å². The average molecular weight is 266 g/mol. The van der Waals surface area contributed by atoms with Crippen molar-refractivity contribution >= 4 is 6.16 Å². The Balaban J connectivity index is 2.69. The van der Waals surface area contributed by atoms with Crippen LogP contribution in [0.5, 0.6) is 0 Å². The second kappa shape index (κ2) is 6.06. The molecule has 0 N–H and O–H groups in total. The van der Waals surface area contributed by atoms with Crippen molar-refractivity contribution in [2.75, 3.05) is 0 Å². The molecule has 0 aromatic heterocycles. The minimum Gasteiger partial charge on any atom is -0.421 e. The quantitative estimate of drug-likeness (QED) is 0.465. The predicted octanol–water partition coefficient (Wildman–Crippen LogP) is 4.20. The molecule has 0 aliphatic rings. The molecule has 0 saturated heterocycles. The summed E-state index contributed by atoms with van der Waals surface area (Å²) in [6, 6.07) is 9.57. The van der Waals surface area contributed by atoms with E-state index in [1.165, 1.54) is 0 Å². The number of ether oxygens (including phenoxy) is 1. The van der Waals surface area contributed by atoms with Crippen LogP contribution in [0.3, 0.4) is 0 Å². The van der Waals surface area contributed by atoms with Gasteiger partial charge in [0.1, 0.15) is 11.2 Å². The lowest BCUT2D eigenvalue weighted by molar-refractivity contribution is -0.317. The highest BCUT2D eigenvalue weighted by Gasteiger charge is 2.30. The van der Waals surface area contributed by atoms with Crippen molar-refractivity contribution in [2.45, 2.75) is 52.2 Å². The minimum atomic E-state index is -0.830. The molecular formula is C15H22O4. The molecule has 1 aromatic carbocycles. The topological polar surface area (TPSA) is 44.8 Å². The largest absolute Gasteiger partial charge is 0.541 e. The summed E-state index contributed by atoms with van der Waals surface area (Å²) in [6.45, 7) is 9.16. The van der Waals surface area contributed by atoms with E-state index in [2.05, 4.69) is 4.89 Å². The molecule has 4 nitrogen and oxygen atoms in total. The van der Waals surface area contributed by atoms with E-state index in [1.54, 1.807) is 20.8 Å². The molecule has 0 radical (unpaired) electrons. The Morgan fingerprint density at radius 2 is 1.68 bits per heavy atom. The van der Waals surface area contributed by atoms with Crippen LogP contribution in [0.25, 0.3) is 0 Å². The monoisotopic (exact) mass is 266 g/mol. The standard InChI is InChI=1S/C15H22O4/c1-6-15(5,12-10-8-7-9-11-12)17-13(16)18-19-14(2,3)4/h7-11H,6H2,1-5H3. The SMILES string of the molecule is CCC(C)(OC(=O)OOC(C)(C)C)c1ccccc1. The van der Waals surface area contributed by atoms with Crippen LogP contribution in [0, 0.1) is 0 Å². The highest BCUT2D eigenvalue weighted by molar-refractivity contribution is 5.60. The van der Waals surface area contributed by atoms with Gasteiger partial charge in [0.2, 0.25) is 0 Å². The number of benzene rings is 1. The second-order valence-electron chi connectivity index (χ2n) is 5.58. The number of carbonyl (C=O) groups is 1. The molecule has 4 heteroatoms. The van der Waals surface area contributed by atoms with E-state index in [1.807, 2.05) is 44.2 Å². The lowest BCUT2D eigenvalue weighted by Gasteiger charge is -2.28. The zero-order chi connectivity index (χ0) is 14.5. The van der Waals surface area contributed by atoms with E-state index in [0.717, 1.165) is 5.56 Å². The maximum Gasteiger partial charge on any atom is 0.541 e. The van der Waals surface area contributed by atoms with Crippen LogP contribution in [0.2, 0.25) is 0 Å². The normalized spacial score (nSPS) is 14.6. The predicted molar refractivity (Wildman–Crippen MR) is 72.5 cm³/mol. The summed E-state index contributed by atoms with van der Waals surface area (Å²) in [7, 11) is 0. The van der Waals surface area contributed by atoms with Gasteiger partial charge >= 0.3 is 6.16 Å². The molecule has 1 rings (SSSR count). The molecule has 0 amide bonds.